The van der Waals surface area contributed by atoms with Gasteiger partial charge in [-0.15, -0.1) is 0 Å². The smallest absolute Gasteiger partial charge is 0.310 e. The Bertz CT molecular complexity index is 869. The zero-order valence-electron chi connectivity index (χ0n) is 13.1. The minimum absolute atomic E-state index is 0.326. The van der Waals surface area contributed by atoms with Gasteiger partial charge in [-0.1, -0.05) is 48.6 Å². The van der Waals surface area contributed by atoms with Crippen LogP contribution in [-0.2, 0) is 14.3 Å². The SMILES string of the molecule is C[C@@]12C=C[C@@H](O1)[C@H](C(=O)O)[C@@H]2C(=O)Nc1cccc2ccccc12. The van der Waals surface area contributed by atoms with Crippen LogP contribution >= 0.6 is 0 Å². The van der Waals surface area contributed by atoms with E-state index in [1.807, 2.05) is 42.5 Å². The van der Waals surface area contributed by atoms with Gasteiger partial charge in [-0.25, -0.2) is 0 Å². The Morgan fingerprint density at radius 2 is 1.92 bits per heavy atom. The Labute approximate surface area is 138 Å². The number of carbonyl (C=O) groups is 2. The number of hydrogen-bond donors (Lipinski definition) is 2. The van der Waals surface area contributed by atoms with Gasteiger partial charge in [-0.2, -0.15) is 0 Å². The van der Waals surface area contributed by atoms with Crippen molar-refractivity contribution in [3.05, 3.63) is 54.6 Å². The number of fused-ring (bicyclic) bond motifs is 3. The number of aliphatic carboxylic acids is 1. The summed E-state index contributed by atoms with van der Waals surface area (Å²) in [6.07, 6.45) is 2.99. The van der Waals surface area contributed by atoms with E-state index in [2.05, 4.69) is 5.32 Å². The topological polar surface area (TPSA) is 75.6 Å². The molecule has 0 unspecified atom stereocenters. The predicted molar refractivity (Wildman–Crippen MR) is 89.6 cm³/mol. The van der Waals surface area contributed by atoms with Gasteiger partial charge in [-0.3, -0.25) is 9.59 Å². The van der Waals surface area contributed by atoms with Crippen molar-refractivity contribution in [2.75, 3.05) is 5.32 Å². The fourth-order valence-electron chi connectivity index (χ4n) is 3.83. The lowest BCUT2D eigenvalue weighted by Crippen LogP contribution is -2.44. The van der Waals surface area contributed by atoms with E-state index < -0.39 is 29.5 Å². The molecular weight excluding hydrogens is 306 g/mol. The maximum absolute atomic E-state index is 12.9. The van der Waals surface area contributed by atoms with Gasteiger partial charge in [0, 0.05) is 11.1 Å². The van der Waals surface area contributed by atoms with E-state index in [9.17, 15) is 14.7 Å². The van der Waals surface area contributed by atoms with E-state index >= 15 is 0 Å². The molecule has 2 aliphatic heterocycles. The van der Waals surface area contributed by atoms with Gasteiger partial charge in [0.2, 0.25) is 5.91 Å². The molecule has 0 aromatic heterocycles. The maximum Gasteiger partial charge on any atom is 0.310 e. The number of rotatable bonds is 3. The van der Waals surface area contributed by atoms with Crippen molar-refractivity contribution in [3.8, 4) is 0 Å². The van der Waals surface area contributed by atoms with Crippen molar-refractivity contribution in [2.24, 2.45) is 11.8 Å². The van der Waals surface area contributed by atoms with Gasteiger partial charge in [0.25, 0.3) is 0 Å². The molecule has 4 atom stereocenters. The highest BCUT2D eigenvalue weighted by Crippen LogP contribution is 2.47. The molecular formula is C19H17NO4. The van der Waals surface area contributed by atoms with Crippen LogP contribution in [0.2, 0.25) is 0 Å². The van der Waals surface area contributed by atoms with Crippen molar-refractivity contribution in [1.29, 1.82) is 0 Å². The third-order valence-electron chi connectivity index (χ3n) is 4.95. The van der Waals surface area contributed by atoms with Crippen LogP contribution in [0.15, 0.2) is 54.6 Å². The zero-order chi connectivity index (χ0) is 16.9. The van der Waals surface area contributed by atoms with Gasteiger partial charge < -0.3 is 15.2 Å². The number of anilines is 1. The first-order valence-corrected chi connectivity index (χ1v) is 7.88. The molecule has 24 heavy (non-hydrogen) atoms. The molecule has 122 valence electrons. The Morgan fingerprint density at radius 3 is 2.71 bits per heavy atom. The average Bonchev–Trinajstić information content (AvgIpc) is 3.08. The van der Waals surface area contributed by atoms with Gasteiger partial charge in [0.1, 0.15) is 5.92 Å². The predicted octanol–water partition coefficient (Wildman–Crippen LogP) is 2.82. The number of amides is 1. The second kappa shape index (κ2) is 5.18. The monoisotopic (exact) mass is 323 g/mol. The van der Waals surface area contributed by atoms with Crippen LogP contribution in [0.3, 0.4) is 0 Å². The summed E-state index contributed by atoms with van der Waals surface area (Å²) in [5, 5.41) is 14.4. The fraction of sp³-hybridized carbons (Fsp3) is 0.263. The minimum Gasteiger partial charge on any atom is -0.481 e. The summed E-state index contributed by atoms with van der Waals surface area (Å²) in [5.41, 5.74) is -0.194. The maximum atomic E-state index is 12.9. The molecule has 2 aromatic carbocycles. The molecule has 4 rings (SSSR count). The van der Waals surface area contributed by atoms with Gasteiger partial charge in [0.15, 0.2) is 0 Å². The minimum atomic E-state index is -1.01. The summed E-state index contributed by atoms with van der Waals surface area (Å²) in [6.45, 7) is 1.76. The standard InChI is InChI=1S/C19H17NO4/c1-19-10-9-14(24-19)15(18(22)23)16(19)17(21)20-13-8-4-6-11-5-2-3-7-12(11)13/h2-10,14-16H,1H3,(H,20,21)(H,22,23)/t14-,15+,16-,19+/m1/s1. The Hall–Kier alpha value is -2.66. The lowest BCUT2D eigenvalue weighted by molar-refractivity contribution is -0.146. The van der Waals surface area contributed by atoms with Crippen LogP contribution < -0.4 is 5.32 Å². The Balaban J connectivity index is 1.68. The zero-order valence-corrected chi connectivity index (χ0v) is 13.1. The lowest BCUT2D eigenvalue weighted by atomic mass is 9.75. The molecule has 1 fully saturated rings. The number of benzene rings is 2. The molecule has 2 aromatic rings. The Morgan fingerprint density at radius 1 is 1.17 bits per heavy atom. The highest BCUT2D eigenvalue weighted by atomic mass is 16.5. The van der Waals surface area contributed by atoms with Crippen molar-refractivity contribution >= 4 is 28.3 Å². The first-order valence-electron chi connectivity index (χ1n) is 7.88. The van der Waals surface area contributed by atoms with E-state index in [-0.39, 0.29) is 5.91 Å². The van der Waals surface area contributed by atoms with Crippen LogP contribution in [0.5, 0.6) is 0 Å². The molecule has 2 N–H and O–H groups in total. The average molecular weight is 323 g/mol. The molecule has 5 nitrogen and oxygen atoms in total. The van der Waals surface area contributed by atoms with E-state index in [0.717, 1.165) is 10.8 Å². The van der Waals surface area contributed by atoms with Crippen LogP contribution in [0.4, 0.5) is 5.69 Å². The van der Waals surface area contributed by atoms with Crippen molar-refractivity contribution in [3.63, 3.8) is 0 Å². The van der Waals surface area contributed by atoms with E-state index in [1.165, 1.54) is 0 Å². The summed E-state index contributed by atoms with van der Waals surface area (Å²) in [4.78, 5) is 24.5. The molecule has 0 saturated carbocycles. The van der Waals surface area contributed by atoms with Gasteiger partial charge in [-0.05, 0) is 18.4 Å². The quantitative estimate of drug-likeness (QED) is 0.852. The summed E-state index contributed by atoms with van der Waals surface area (Å²) < 4.78 is 5.74. The second-order valence-corrected chi connectivity index (χ2v) is 6.48. The van der Waals surface area contributed by atoms with Crippen molar-refractivity contribution in [1.82, 2.24) is 0 Å². The molecule has 5 heteroatoms. The summed E-state index contributed by atoms with van der Waals surface area (Å²) >= 11 is 0. The molecule has 1 saturated heterocycles. The van der Waals surface area contributed by atoms with Crippen LogP contribution in [-0.4, -0.2) is 28.7 Å². The summed E-state index contributed by atoms with van der Waals surface area (Å²) in [5.74, 6) is -2.96. The number of carboxylic acids is 1. The fourth-order valence-corrected chi connectivity index (χ4v) is 3.83. The third-order valence-corrected chi connectivity index (χ3v) is 4.95. The van der Waals surface area contributed by atoms with Crippen LogP contribution in [0.1, 0.15) is 6.92 Å². The number of nitrogens with one attached hydrogen (secondary N) is 1. The first-order chi connectivity index (χ1) is 11.5. The molecule has 0 spiro atoms. The second-order valence-electron chi connectivity index (χ2n) is 6.48. The van der Waals surface area contributed by atoms with Crippen molar-refractivity contribution < 1.29 is 19.4 Å². The highest BCUT2D eigenvalue weighted by molar-refractivity contribution is 6.04. The van der Waals surface area contributed by atoms with Crippen LogP contribution in [0.25, 0.3) is 10.8 Å². The Kier molecular flexibility index (Phi) is 3.21. The summed E-state index contributed by atoms with van der Waals surface area (Å²) in [6, 6.07) is 13.4. The van der Waals surface area contributed by atoms with Crippen molar-refractivity contribution in [2.45, 2.75) is 18.6 Å². The van der Waals surface area contributed by atoms with Gasteiger partial charge >= 0.3 is 5.97 Å². The molecule has 1 amide bonds. The van der Waals surface area contributed by atoms with E-state index in [1.54, 1.807) is 19.1 Å². The molecule has 2 aliphatic rings. The normalized spacial score (nSPS) is 30.6. The summed E-state index contributed by atoms with van der Waals surface area (Å²) in [7, 11) is 0. The van der Waals surface area contributed by atoms with Gasteiger partial charge in [0.05, 0.1) is 17.6 Å². The number of carbonyl (C=O) groups excluding carboxylic acids is 1. The number of carboxylic acid groups (broad SMARTS) is 1. The van der Waals surface area contributed by atoms with E-state index in [4.69, 9.17) is 4.74 Å². The molecule has 2 heterocycles. The highest BCUT2D eigenvalue weighted by Gasteiger charge is 2.59. The lowest BCUT2D eigenvalue weighted by Gasteiger charge is -2.28. The first kappa shape index (κ1) is 14.9. The van der Waals surface area contributed by atoms with E-state index in [0.29, 0.717) is 5.69 Å². The number of hydrogen-bond acceptors (Lipinski definition) is 3. The molecule has 2 bridgehead atoms. The number of ether oxygens (including phenoxy) is 1. The largest absolute Gasteiger partial charge is 0.481 e. The molecule has 0 aliphatic carbocycles. The third kappa shape index (κ3) is 2.12. The molecule has 0 radical (unpaired) electrons. The van der Waals surface area contributed by atoms with Crippen LogP contribution in [0, 0.1) is 11.8 Å².